The number of hydrogen-bond donors (Lipinski definition) is 3. The molecule has 0 spiro atoms. The van der Waals surface area contributed by atoms with Crippen molar-refractivity contribution in [2.24, 2.45) is 17.3 Å². The Kier molecular flexibility index (Phi) is 15.4. The Labute approximate surface area is 458 Å². The number of unbranched alkanes of at least 4 members (excludes halogenated alkanes) is 5. The molecule has 3 N–H and O–H groups in total. The van der Waals surface area contributed by atoms with E-state index >= 15 is 8.78 Å². The summed E-state index contributed by atoms with van der Waals surface area (Å²) in [7, 11) is 1.78. The molecule has 18 heteroatoms. The first-order valence-electron chi connectivity index (χ1n) is 28.1. The topological polar surface area (TPSA) is 188 Å². The number of pyridine rings is 1. The van der Waals surface area contributed by atoms with Crippen molar-refractivity contribution in [3.05, 3.63) is 95.2 Å². The van der Waals surface area contributed by atoms with Crippen LogP contribution in [0, 0.1) is 41.2 Å². The summed E-state index contributed by atoms with van der Waals surface area (Å²) >= 11 is 0. The molecule has 2 aliphatic carbocycles. The van der Waals surface area contributed by atoms with Crippen LogP contribution in [0.25, 0.3) is 32.9 Å². The van der Waals surface area contributed by atoms with Crippen molar-refractivity contribution in [1.29, 1.82) is 0 Å². The molecule has 16 nitrogen and oxygen atoms in total. The first-order valence-corrected chi connectivity index (χ1v) is 28.1. The maximum absolute atomic E-state index is 17.3. The Balaban J connectivity index is 0.664. The van der Waals surface area contributed by atoms with Crippen LogP contribution in [0.3, 0.4) is 0 Å². The highest BCUT2D eigenvalue weighted by Gasteiger charge is 2.48. The van der Waals surface area contributed by atoms with Gasteiger partial charge in [0, 0.05) is 80.0 Å². The van der Waals surface area contributed by atoms with Gasteiger partial charge in [0.1, 0.15) is 28.9 Å². The van der Waals surface area contributed by atoms with Crippen LogP contribution in [0.2, 0.25) is 0 Å². The number of halogens is 2. The Morgan fingerprint density at radius 3 is 2.49 bits per heavy atom. The summed E-state index contributed by atoms with van der Waals surface area (Å²) < 4.78 is 45.0. The van der Waals surface area contributed by atoms with Gasteiger partial charge in [0.05, 0.1) is 35.3 Å². The van der Waals surface area contributed by atoms with E-state index in [2.05, 4.69) is 38.3 Å². The van der Waals surface area contributed by atoms with Crippen molar-refractivity contribution in [2.75, 3.05) is 56.7 Å². The predicted molar refractivity (Wildman–Crippen MR) is 295 cm³/mol. The van der Waals surface area contributed by atoms with Gasteiger partial charge in [0.2, 0.25) is 11.8 Å². The molecule has 4 unspecified atom stereocenters. The van der Waals surface area contributed by atoms with Crippen LogP contribution in [-0.2, 0) is 14.3 Å². The molecule has 3 aromatic carbocycles. The minimum atomic E-state index is -1.01. The van der Waals surface area contributed by atoms with Gasteiger partial charge >= 0.3 is 12.1 Å². The Morgan fingerprint density at radius 2 is 1.70 bits per heavy atom. The van der Waals surface area contributed by atoms with E-state index in [1.54, 1.807) is 54.5 Å². The van der Waals surface area contributed by atoms with Crippen molar-refractivity contribution in [1.82, 2.24) is 35.4 Å². The molecule has 6 aliphatic rings. The molecule has 5 fully saturated rings. The summed E-state index contributed by atoms with van der Waals surface area (Å²) in [4.78, 5) is 83.3. The molecule has 412 valence electrons. The third kappa shape index (κ3) is 10.7. The molecule has 5 aromatic rings. The third-order valence-electron chi connectivity index (χ3n) is 17.5. The molecule has 2 saturated carbocycles. The van der Waals surface area contributed by atoms with Crippen LogP contribution in [0.1, 0.15) is 129 Å². The number of nitrogens with one attached hydrogen (secondary N) is 3. The van der Waals surface area contributed by atoms with Crippen molar-refractivity contribution in [3.63, 3.8) is 0 Å². The number of hydrogen-bond acceptors (Lipinski definition) is 13. The lowest BCUT2D eigenvalue weighted by Crippen LogP contribution is -2.54. The van der Waals surface area contributed by atoms with Gasteiger partial charge in [-0.25, -0.2) is 13.6 Å². The van der Waals surface area contributed by atoms with Crippen molar-refractivity contribution >= 4 is 62.9 Å². The number of terminal acetylenes is 1. The van der Waals surface area contributed by atoms with E-state index in [9.17, 15) is 24.0 Å². The fourth-order valence-corrected chi connectivity index (χ4v) is 13.3. The standard InChI is InChI=1S/C61H67F2N9O7/c1-4-42-46(62)22-18-38-13-11-14-43(50(38)42)53-52(63)54-45(31-65-53)55(71-32-40-20-21-41(33-71)66-40)69-59(68-54)79-35-61-26-25-37(17-19-39(61)29-36(2)30-61)34-78-60(77)70(3)28-10-8-6-5-7-9-27-64-47-16-12-15-44-51(47)58(76)72(57(44)75)48-23-24-49(73)67-56(48)74/h1,11-16,18,22,31,37,39-41,48,64,66H,2,5-10,17,19-21,23-30,32-35H2,3H3,(H,67,73,74)/t37-,39?,40?,41?,48?,61-/m0/s1. The summed E-state index contributed by atoms with van der Waals surface area (Å²) in [5, 5.41) is 10.8. The van der Waals surface area contributed by atoms with E-state index in [-0.39, 0.29) is 76.3 Å². The van der Waals surface area contributed by atoms with Gasteiger partial charge in [-0.15, -0.1) is 6.42 Å². The number of imide groups is 2. The second-order valence-electron chi connectivity index (χ2n) is 22.7. The normalized spacial score (nSPS) is 23.6. The second-order valence-corrected chi connectivity index (χ2v) is 22.7. The molecule has 79 heavy (non-hydrogen) atoms. The molecule has 2 aromatic heterocycles. The maximum Gasteiger partial charge on any atom is 0.409 e. The van der Waals surface area contributed by atoms with E-state index in [0.717, 1.165) is 94.8 Å². The number of nitrogens with zero attached hydrogens (tertiary/aromatic N) is 6. The van der Waals surface area contributed by atoms with Crippen LogP contribution in [0.15, 0.2) is 66.9 Å². The number of rotatable bonds is 18. The average Bonchev–Trinajstić information content (AvgIpc) is 4.01. The van der Waals surface area contributed by atoms with E-state index < -0.39 is 41.3 Å². The number of piperidine rings is 1. The number of piperazine rings is 1. The minimum absolute atomic E-state index is 0.0120. The quantitative estimate of drug-likeness (QED) is 0.0326. The number of allylic oxidation sites excluding steroid dienone is 1. The van der Waals surface area contributed by atoms with Gasteiger partial charge in [-0.05, 0) is 106 Å². The SMILES string of the molecule is C#Cc1c(F)ccc2cccc(-c3ncc4c(N5CC6CCC(C5)N6)nc(OC[C@@]56CC[C@@H](COC(=O)N(C)CCCCCCCCNc7cccc8c7C(=O)N(C7CCC(=O)NC7=O)C8=O)CCC5CC(=C)C6)nc4c3F)c12. The predicted octanol–water partition coefficient (Wildman–Crippen LogP) is 9.49. The summed E-state index contributed by atoms with van der Waals surface area (Å²) in [6, 6.07) is 12.9. The van der Waals surface area contributed by atoms with Crippen molar-refractivity contribution < 1.29 is 42.2 Å². The zero-order valence-corrected chi connectivity index (χ0v) is 44.7. The molecule has 6 atom stereocenters. The Morgan fingerprint density at radius 1 is 0.924 bits per heavy atom. The molecule has 3 saturated heterocycles. The Bertz CT molecular complexity index is 3300. The maximum atomic E-state index is 17.3. The molecular weight excluding hydrogens is 1010 g/mol. The summed E-state index contributed by atoms with van der Waals surface area (Å²) in [5.74, 6) is 0.188. The fraction of sp³-hybridized carbons (Fsp3) is 0.475. The van der Waals surface area contributed by atoms with Gasteiger partial charge in [-0.1, -0.05) is 74.1 Å². The van der Waals surface area contributed by atoms with Crippen LogP contribution in [-0.4, -0.2) is 119 Å². The lowest BCUT2D eigenvalue weighted by molar-refractivity contribution is -0.136. The number of carbonyl (C=O) groups is 5. The van der Waals surface area contributed by atoms with E-state index in [4.69, 9.17) is 25.9 Å². The third-order valence-corrected chi connectivity index (χ3v) is 17.5. The van der Waals surface area contributed by atoms with Crippen LogP contribution >= 0.6 is 0 Å². The molecule has 0 radical (unpaired) electrons. The molecule has 5 amide bonds. The van der Waals surface area contributed by atoms with Gasteiger partial charge in [-0.3, -0.25) is 34.4 Å². The van der Waals surface area contributed by atoms with Gasteiger partial charge < -0.3 is 29.9 Å². The lowest BCUT2D eigenvalue weighted by Gasteiger charge is -2.35. The van der Waals surface area contributed by atoms with E-state index in [1.807, 2.05) is 6.07 Å². The van der Waals surface area contributed by atoms with Gasteiger partial charge in [0.15, 0.2) is 5.82 Å². The fourth-order valence-electron chi connectivity index (χ4n) is 13.3. The van der Waals surface area contributed by atoms with Crippen molar-refractivity contribution in [3.8, 4) is 29.6 Å². The summed E-state index contributed by atoms with van der Waals surface area (Å²) in [5.41, 5.74) is 2.49. The van der Waals surface area contributed by atoms with Crippen molar-refractivity contribution in [2.45, 2.75) is 121 Å². The number of carbonyl (C=O) groups excluding carboxylic acids is 5. The number of fused-ring (bicyclic) bond motifs is 6. The molecule has 6 heterocycles. The highest BCUT2D eigenvalue weighted by molar-refractivity contribution is 6.25. The molecular formula is C61H67F2N9O7. The molecule has 4 aliphatic heterocycles. The number of ether oxygens (including phenoxy) is 2. The number of benzene rings is 3. The first-order chi connectivity index (χ1) is 38.3. The number of anilines is 2. The average molecular weight is 1080 g/mol. The van der Waals surface area contributed by atoms with Gasteiger partial charge in [-0.2, -0.15) is 9.97 Å². The number of amides is 5. The zero-order chi connectivity index (χ0) is 55.0. The Hall–Kier alpha value is -7.52. The summed E-state index contributed by atoms with van der Waals surface area (Å²) in [6.07, 6.45) is 20.2. The lowest BCUT2D eigenvalue weighted by atomic mass is 9.75. The molecule has 2 bridgehead atoms. The summed E-state index contributed by atoms with van der Waals surface area (Å²) in [6.45, 7) is 7.67. The van der Waals surface area contributed by atoms with E-state index in [1.165, 1.54) is 11.6 Å². The minimum Gasteiger partial charge on any atom is -0.463 e. The van der Waals surface area contributed by atoms with Crippen LogP contribution in [0.4, 0.5) is 25.1 Å². The largest absolute Gasteiger partial charge is 0.463 e. The van der Waals surface area contributed by atoms with Crippen LogP contribution < -0.4 is 25.6 Å². The monoisotopic (exact) mass is 1080 g/mol. The van der Waals surface area contributed by atoms with Gasteiger partial charge in [0.25, 0.3) is 11.8 Å². The molecule has 11 rings (SSSR count). The number of aromatic nitrogens is 3. The zero-order valence-electron chi connectivity index (χ0n) is 44.7. The second kappa shape index (κ2) is 22.7. The first kappa shape index (κ1) is 53.5. The smallest absolute Gasteiger partial charge is 0.409 e. The highest BCUT2D eigenvalue weighted by atomic mass is 19.1. The van der Waals surface area contributed by atoms with Crippen LogP contribution in [0.5, 0.6) is 6.01 Å². The highest BCUT2D eigenvalue weighted by Crippen LogP contribution is 2.54. The van der Waals surface area contributed by atoms with E-state index in [0.29, 0.717) is 78.5 Å².